The fourth-order valence-electron chi connectivity index (χ4n) is 4.81. The summed E-state index contributed by atoms with van der Waals surface area (Å²) in [6, 6.07) is 5.52. The molecule has 0 spiro atoms. The molecule has 1 saturated heterocycles. The summed E-state index contributed by atoms with van der Waals surface area (Å²) in [7, 11) is 2.07. The van der Waals surface area contributed by atoms with Crippen molar-refractivity contribution >= 4 is 5.91 Å². The van der Waals surface area contributed by atoms with Crippen molar-refractivity contribution in [3.05, 3.63) is 52.3 Å². The molecule has 6 nitrogen and oxygen atoms in total. The van der Waals surface area contributed by atoms with Crippen LogP contribution in [-0.2, 0) is 32.1 Å². The highest BCUT2D eigenvalue weighted by Gasteiger charge is 2.32. The average molecular weight is 464 g/mol. The lowest BCUT2D eigenvalue weighted by Gasteiger charge is -2.25. The molecule has 2 aromatic rings. The van der Waals surface area contributed by atoms with E-state index >= 15 is 0 Å². The molecule has 33 heavy (non-hydrogen) atoms. The van der Waals surface area contributed by atoms with Crippen molar-refractivity contribution in [1.29, 1.82) is 0 Å². The summed E-state index contributed by atoms with van der Waals surface area (Å²) in [5.41, 5.74) is 2.62. The third kappa shape index (κ3) is 5.41. The maximum absolute atomic E-state index is 13.4. The van der Waals surface area contributed by atoms with Crippen molar-refractivity contribution in [1.82, 2.24) is 24.9 Å². The first-order valence-electron chi connectivity index (χ1n) is 11.7. The first kappa shape index (κ1) is 23.8. The number of aromatic nitrogens is 2. The van der Waals surface area contributed by atoms with Crippen molar-refractivity contribution in [3.63, 3.8) is 0 Å². The fourth-order valence-corrected chi connectivity index (χ4v) is 4.81. The van der Waals surface area contributed by atoms with Gasteiger partial charge in [-0.25, -0.2) is 0 Å². The third-order valence-corrected chi connectivity index (χ3v) is 6.70. The zero-order chi connectivity index (χ0) is 23.6. The van der Waals surface area contributed by atoms with Crippen LogP contribution in [0.5, 0.6) is 0 Å². The molecule has 1 atom stereocenters. The molecule has 4 rings (SSSR count). The van der Waals surface area contributed by atoms with Crippen molar-refractivity contribution < 1.29 is 18.0 Å². The van der Waals surface area contributed by atoms with Crippen molar-refractivity contribution in [2.45, 2.75) is 57.9 Å². The van der Waals surface area contributed by atoms with E-state index in [1.165, 1.54) is 12.1 Å². The SMILES string of the molecule is CCn1nc(C(=O)N2CCCN(C)CC2)c2c1CC[C@H](NCc1cccc(C(F)(F)F)c1)C2. The Bertz CT molecular complexity index is 987. The number of halogens is 3. The smallest absolute Gasteiger partial charge is 0.336 e. The predicted molar refractivity (Wildman–Crippen MR) is 120 cm³/mol. The quantitative estimate of drug-likeness (QED) is 0.739. The van der Waals surface area contributed by atoms with Crippen LogP contribution >= 0.6 is 0 Å². The fraction of sp³-hybridized carbons (Fsp3) is 0.583. The molecule has 2 heterocycles. The van der Waals surface area contributed by atoms with Crippen LogP contribution in [0.1, 0.15) is 52.6 Å². The maximum atomic E-state index is 13.4. The van der Waals surface area contributed by atoms with Crippen molar-refractivity contribution in [2.75, 3.05) is 33.2 Å². The first-order chi connectivity index (χ1) is 15.8. The van der Waals surface area contributed by atoms with E-state index in [1.54, 1.807) is 6.07 Å². The standard InChI is InChI=1S/C24H32F3N5O/c1-3-32-21-9-8-19(28-16-17-6-4-7-18(14-17)24(25,26)27)15-20(21)22(29-32)23(33)31-11-5-10-30(2)12-13-31/h4,6-7,14,19,28H,3,5,8-13,15-16H2,1-2H3/t19-/m0/s1. The Hall–Kier alpha value is -2.39. The van der Waals surface area contributed by atoms with Gasteiger partial charge in [-0.05, 0) is 57.8 Å². The van der Waals surface area contributed by atoms with Crippen LogP contribution < -0.4 is 5.32 Å². The number of benzene rings is 1. The Morgan fingerprint density at radius 2 is 2.03 bits per heavy atom. The summed E-state index contributed by atoms with van der Waals surface area (Å²) in [6.07, 6.45) is -1.09. The minimum atomic E-state index is -4.35. The molecule has 1 aliphatic heterocycles. The Morgan fingerprint density at radius 1 is 1.21 bits per heavy atom. The molecule has 1 aliphatic carbocycles. The zero-order valence-electron chi connectivity index (χ0n) is 19.3. The highest BCUT2D eigenvalue weighted by Crippen LogP contribution is 2.30. The van der Waals surface area contributed by atoms with E-state index in [0.717, 1.165) is 56.2 Å². The molecular formula is C24H32F3N5O. The molecule has 1 aromatic carbocycles. The van der Waals surface area contributed by atoms with Gasteiger partial charge in [0.05, 0.1) is 5.56 Å². The van der Waals surface area contributed by atoms with Crippen LogP contribution in [0.4, 0.5) is 13.2 Å². The number of aryl methyl sites for hydroxylation is 1. The van der Waals surface area contributed by atoms with Crippen LogP contribution in [0, 0.1) is 0 Å². The topological polar surface area (TPSA) is 53.4 Å². The van der Waals surface area contributed by atoms with Crippen LogP contribution in [-0.4, -0.2) is 64.8 Å². The molecule has 9 heteroatoms. The van der Waals surface area contributed by atoms with Gasteiger partial charge < -0.3 is 15.1 Å². The Balaban J connectivity index is 1.48. The largest absolute Gasteiger partial charge is 0.416 e. The lowest BCUT2D eigenvalue weighted by Crippen LogP contribution is -2.37. The highest BCUT2D eigenvalue weighted by molar-refractivity contribution is 5.94. The third-order valence-electron chi connectivity index (χ3n) is 6.70. The number of rotatable bonds is 5. The van der Waals surface area contributed by atoms with E-state index in [1.807, 2.05) is 16.5 Å². The number of nitrogens with one attached hydrogen (secondary N) is 1. The zero-order valence-corrected chi connectivity index (χ0v) is 19.3. The van der Waals surface area contributed by atoms with E-state index in [0.29, 0.717) is 37.3 Å². The second-order valence-electron chi connectivity index (χ2n) is 9.06. The number of alkyl halides is 3. The number of hydrogen-bond acceptors (Lipinski definition) is 4. The second-order valence-corrected chi connectivity index (χ2v) is 9.06. The van der Waals surface area contributed by atoms with Gasteiger partial charge in [0.15, 0.2) is 5.69 Å². The van der Waals surface area contributed by atoms with E-state index in [2.05, 4.69) is 22.4 Å². The van der Waals surface area contributed by atoms with E-state index in [-0.39, 0.29) is 11.9 Å². The normalized spacial score (nSPS) is 19.9. The Morgan fingerprint density at radius 3 is 2.79 bits per heavy atom. The molecule has 0 radical (unpaired) electrons. The minimum Gasteiger partial charge on any atom is -0.336 e. The number of nitrogens with zero attached hydrogens (tertiary/aromatic N) is 4. The summed E-state index contributed by atoms with van der Waals surface area (Å²) in [5, 5.41) is 8.10. The number of hydrogen-bond donors (Lipinski definition) is 1. The molecule has 0 saturated carbocycles. The highest BCUT2D eigenvalue weighted by atomic mass is 19.4. The van der Waals surface area contributed by atoms with Crippen molar-refractivity contribution in [3.8, 4) is 0 Å². The first-order valence-corrected chi connectivity index (χ1v) is 11.7. The molecular weight excluding hydrogens is 431 g/mol. The second kappa shape index (κ2) is 9.85. The van der Waals surface area contributed by atoms with Crippen molar-refractivity contribution in [2.24, 2.45) is 0 Å². The maximum Gasteiger partial charge on any atom is 0.416 e. The van der Waals surface area contributed by atoms with Gasteiger partial charge >= 0.3 is 6.18 Å². The molecule has 180 valence electrons. The van der Waals surface area contributed by atoms with Gasteiger partial charge in [-0.2, -0.15) is 18.3 Å². The van der Waals surface area contributed by atoms with Crippen LogP contribution in [0.3, 0.4) is 0 Å². The predicted octanol–water partition coefficient (Wildman–Crippen LogP) is 3.35. The molecule has 1 N–H and O–H groups in total. The number of carbonyl (C=O) groups excluding carboxylic acids is 1. The lowest BCUT2D eigenvalue weighted by molar-refractivity contribution is -0.137. The van der Waals surface area contributed by atoms with Crippen LogP contribution in [0.15, 0.2) is 24.3 Å². The van der Waals surface area contributed by atoms with Gasteiger partial charge in [-0.1, -0.05) is 18.2 Å². The molecule has 2 aliphatic rings. The Kier molecular flexibility index (Phi) is 7.09. The van der Waals surface area contributed by atoms with Gasteiger partial charge in [0, 0.05) is 50.0 Å². The number of carbonyl (C=O) groups is 1. The summed E-state index contributed by atoms with van der Waals surface area (Å²) in [5.74, 6) is -0.00715. The van der Waals surface area contributed by atoms with Gasteiger partial charge in [0.25, 0.3) is 5.91 Å². The van der Waals surface area contributed by atoms with Gasteiger partial charge in [0.2, 0.25) is 0 Å². The van der Waals surface area contributed by atoms with E-state index in [4.69, 9.17) is 0 Å². The number of fused-ring (bicyclic) bond motifs is 1. The molecule has 1 fully saturated rings. The van der Waals surface area contributed by atoms with Crippen LogP contribution in [0.25, 0.3) is 0 Å². The van der Waals surface area contributed by atoms with E-state index in [9.17, 15) is 18.0 Å². The van der Waals surface area contributed by atoms with E-state index < -0.39 is 11.7 Å². The molecule has 0 unspecified atom stereocenters. The molecule has 0 bridgehead atoms. The minimum absolute atomic E-state index is 0.00715. The lowest BCUT2D eigenvalue weighted by atomic mass is 9.90. The monoisotopic (exact) mass is 463 g/mol. The summed E-state index contributed by atoms with van der Waals surface area (Å²) >= 11 is 0. The van der Waals surface area contributed by atoms with Gasteiger partial charge in [-0.15, -0.1) is 0 Å². The summed E-state index contributed by atoms with van der Waals surface area (Å²) in [4.78, 5) is 17.5. The number of likely N-dealkylation sites (N-methyl/N-ethyl adjacent to an activating group) is 1. The van der Waals surface area contributed by atoms with Gasteiger partial charge in [-0.3, -0.25) is 9.48 Å². The summed E-state index contributed by atoms with van der Waals surface area (Å²) < 4.78 is 41.0. The Labute approximate surface area is 192 Å². The summed E-state index contributed by atoms with van der Waals surface area (Å²) in [6.45, 7) is 6.35. The number of amides is 1. The van der Waals surface area contributed by atoms with Crippen LogP contribution in [0.2, 0.25) is 0 Å². The molecule has 1 aromatic heterocycles. The van der Waals surface area contributed by atoms with Gasteiger partial charge in [0.1, 0.15) is 0 Å². The average Bonchev–Trinajstić information content (AvgIpc) is 3.02. The molecule has 1 amide bonds.